The molecule has 2 saturated heterocycles. The lowest BCUT2D eigenvalue weighted by Gasteiger charge is -2.49. The number of nitrogens with zero attached hydrogens (tertiary/aromatic N) is 7. The van der Waals surface area contributed by atoms with Crippen LogP contribution in [0.4, 0.5) is 17.6 Å². The lowest BCUT2D eigenvalue weighted by atomic mass is 9.81. The van der Waals surface area contributed by atoms with Gasteiger partial charge >= 0.3 is 0 Å². The Bertz CT molecular complexity index is 1090. The number of H-pyrrole nitrogens is 1. The highest BCUT2D eigenvalue weighted by molar-refractivity contribution is 5.83. The molecule has 2 aliphatic heterocycles. The summed E-state index contributed by atoms with van der Waals surface area (Å²) >= 11 is 0. The standard InChI is InChI=1S/C21H26N10/c1-13-10-17(30-29-13)26-21-27-19-18(23-7-8-24-19)20(28-21)25-14-11-15-4-2-5-16(12-14)31(15)9-3-6-22/h7-8,10,14-16H,2-5,9,11-12H2,1H3,(H3,24,25,26,27,28,29,30)/t14-,15-,16+. The SMILES string of the molecule is Cc1cc(Nc2nc(N[C@@H]3C[C@H]4CCC[C@@H](C3)N4CCC#N)c3nccnc3n2)n[nH]1. The van der Waals surface area contributed by atoms with E-state index in [1.165, 1.54) is 19.3 Å². The van der Waals surface area contributed by atoms with Crippen molar-refractivity contribution in [2.75, 3.05) is 17.2 Å². The van der Waals surface area contributed by atoms with E-state index in [9.17, 15) is 0 Å². The van der Waals surface area contributed by atoms with Gasteiger partial charge in [-0.3, -0.25) is 10.00 Å². The molecule has 3 aromatic heterocycles. The largest absolute Gasteiger partial charge is 0.365 e. The van der Waals surface area contributed by atoms with E-state index >= 15 is 0 Å². The van der Waals surface area contributed by atoms with Gasteiger partial charge in [-0.2, -0.15) is 20.3 Å². The van der Waals surface area contributed by atoms with E-state index in [2.05, 4.69) is 46.8 Å². The highest BCUT2D eigenvalue weighted by Crippen LogP contribution is 2.35. The first-order valence-electron chi connectivity index (χ1n) is 10.9. The predicted octanol–water partition coefficient (Wildman–Crippen LogP) is 2.91. The predicted molar refractivity (Wildman–Crippen MR) is 117 cm³/mol. The minimum absolute atomic E-state index is 0.300. The molecule has 3 atom stereocenters. The molecular formula is C21H26N10. The Labute approximate surface area is 180 Å². The molecule has 2 aliphatic rings. The van der Waals surface area contributed by atoms with Gasteiger partial charge in [-0.25, -0.2) is 9.97 Å². The van der Waals surface area contributed by atoms with Crippen LogP contribution in [0.3, 0.4) is 0 Å². The zero-order chi connectivity index (χ0) is 21.2. The lowest BCUT2D eigenvalue weighted by Crippen LogP contribution is -2.55. The number of nitrogens with one attached hydrogen (secondary N) is 3. The Balaban J connectivity index is 1.39. The van der Waals surface area contributed by atoms with Gasteiger partial charge in [-0.1, -0.05) is 6.42 Å². The zero-order valence-corrected chi connectivity index (χ0v) is 17.5. The van der Waals surface area contributed by atoms with Crippen molar-refractivity contribution in [1.82, 2.24) is 35.0 Å². The van der Waals surface area contributed by atoms with Crippen molar-refractivity contribution >= 4 is 28.7 Å². The van der Waals surface area contributed by atoms with Gasteiger partial charge in [-0.05, 0) is 32.6 Å². The molecule has 0 unspecified atom stereocenters. The van der Waals surface area contributed by atoms with Gasteiger partial charge in [0.2, 0.25) is 5.95 Å². The first-order valence-corrected chi connectivity index (χ1v) is 10.9. The fraction of sp³-hybridized carbons (Fsp3) is 0.524. The molecule has 0 saturated carbocycles. The van der Waals surface area contributed by atoms with E-state index in [1.807, 2.05) is 13.0 Å². The number of aryl methyl sites for hydroxylation is 1. The highest BCUT2D eigenvalue weighted by atomic mass is 15.3. The second kappa shape index (κ2) is 8.43. The number of fused-ring (bicyclic) bond motifs is 3. The van der Waals surface area contributed by atoms with E-state index in [-0.39, 0.29) is 0 Å². The van der Waals surface area contributed by atoms with Crippen LogP contribution in [-0.2, 0) is 0 Å². The number of hydrogen-bond acceptors (Lipinski definition) is 9. The van der Waals surface area contributed by atoms with Gasteiger partial charge in [-0.15, -0.1) is 0 Å². The molecular weight excluding hydrogens is 392 g/mol. The summed E-state index contributed by atoms with van der Waals surface area (Å²) in [5.41, 5.74) is 2.17. The Morgan fingerprint density at radius 2 is 2.00 bits per heavy atom. The third kappa shape index (κ3) is 4.14. The van der Waals surface area contributed by atoms with Gasteiger partial charge in [0.25, 0.3) is 0 Å². The topological polar surface area (TPSA) is 131 Å². The van der Waals surface area contributed by atoms with Crippen LogP contribution in [-0.4, -0.2) is 59.7 Å². The molecule has 0 spiro atoms. The number of anilines is 3. The van der Waals surface area contributed by atoms with Crippen LogP contribution in [0, 0.1) is 18.3 Å². The van der Waals surface area contributed by atoms with Crippen molar-refractivity contribution in [2.45, 2.75) is 63.6 Å². The Hall–Kier alpha value is -3.32. The van der Waals surface area contributed by atoms with Crippen molar-refractivity contribution < 1.29 is 0 Å². The summed E-state index contributed by atoms with van der Waals surface area (Å²) in [6.07, 6.45) is 9.62. The van der Waals surface area contributed by atoms with Gasteiger partial charge in [0.05, 0.1) is 6.07 Å². The molecule has 3 N–H and O–H groups in total. The van der Waals surface area contributed by atoms with Gasteiger partial charge in [0.1, 0.15) is 0 Å². The Morgan fingerprint density at radius 1 is 1.19 bits per heavy atom. The maximum Gasteiger partial charge on any atom is 0.232 e. The molecule has 0 radical (unpaired) electrons. The molecule has 0 aliphatic carbocycles. The van der Waals surface area contributed by atoms with Crippen LogP contribution in [0.2, 0.25) is 0 Å². The number of piperidine rings is 2. The average molecular weight is 419 g/mol. The van der Waals surface area contributed by atoms with E-state index in [0.29, 0.717) is 53.3 Å². The van der Waals surface area contributed by atoms with Crippen LogP contribution in [0.25, 0.3) is 11.2 Å². The summed E-state index contributed by atoms with van der Waals surface area (Å²) in [5, 5.41) is 22.9. The monoisotopic (exact) mass is 418 g/mol. The van der Waals surface area contributed by atoms with Crippen molar-refractivity contribution in [3.05, 3.63) is 24.2 Å². The van der Waals surface area contributed by atoms with Crippen molar-refractivity contribution in [3.8, 4) is 6.07 Å². The fourth-order valence-corrected chi connectivity index (χ4v) is 4.95. The summed E-state index contributed by atoms with van der Waals surface area (Å²) in [7, 11) is 0. The maximum absolute atomic E-state index is 9.01. The first kappa shape index (κ1) is 19.6. The minimum Gasteiger partial charge on any atom is -0.365 e. The van der Waals surface area contributed by atoms with Crippen molar-refractivity contribution in [3.63, 3.8) is 0 Å². The molecule has 10 nitrogen and oxygen atoms in total. The zero-order valence-electron chi connectivity index (χ0n) is 17.5. The van der Waals surface area contributed by atoms with Gasteiger partial charge in [0.15, 0.2) is 22.8 Å². The first-order chi connectivity index (χ1) is 15.2. The van der Waals surface area contributed by atoms with Crippen LogP contribution < -0.4 is 10.6 Å². The molecule has 10 heteroatoms. The van der Waals surface area contributed by atoms with Gasteiger partial charge in [0, 0.05) is 55.2 Å². The van der Waals surface area contributed by atoms with E-state index in [4.69, 9.17) is 10.2 Å². The second-order valence-corrected chi connectivity index (χ2v) is 8.38. The molecule has 2 bridgehead atoms. The summed E-state index contributed by atoms with van der Waals surface area (Å²) in [5.74, 6) is 1.79. The summed E-state index contributed by atoms with van der Waals surface area (Å²) in [6.45, 7) is 2.81. The van der Waals surface area contributed by atoms with E-state index in [1.54, 1.807) is 12.4 Å². The Morgan fingerprint density at radius 3 is 2.74 bits per heavy atom. The Kier molecular flexibility index (Phi) is 5.34. The number of aromatic nitrogens is 6. The molecule has 0 aromatic carbocycles. The fourth-order valence-electron chi connectivity index (χ4n) is 4.95. The van der Waals surface area contributed by atoms with E-state index in [0.717, 1.165) is 25.1 Å². The maximum atomic E-state index is 9.01. The number of nitriles is 1. The molecule has 3 aromatic rings. The second-order valence-electron chi connectivity index (χ2n) is 8.38. The lowest BCUT2D eigenvalue weighted by molar-refractivity contribution is 0.0370. The number of aromatic amines is 1. The highest BCUT2D eigenvalue weighted by Gasteiger charge is 2.38. The van der Waals surface area contributed by atoms with Crippen molar-refractivity contribution in [1.29, 1.82) is 5.26 Å². The van der Waals surface area contributed by atoms with Crippen LogP contribution in [0.15, 0.2) is 18.5 Å². The molecule has 5 rings (SSSR count). The smallest absolute Gasteiger partial charge is 0.232 e. The molecule has 31 heavy (non-hydrogen) atoms. The van der Waals surface area contributed by atoms with Crippen molar-refractivity contribution in [2.24, 2.45) is 0 Å². The molecule has 5 heterocycles. The molecule has 160 valence electrons. The summed E-state index contributed by atoms with van der Waals surface area (Å²) in [4.78, 5) is 20.6. The third-order valence-corrected chi connectivity index (χ3v) is 6.23. The van der Waals surface area contributed by atoms with E-state index < -0.39 is 0 Å². The average Bonchev–Trinajstić information content (AvgIpc) is 3.16. The summed E-state index contributed by atoms with van der Waals surface area (Å²) in [6, 6.07) is 5.53. The molecule has 2 fully saturated rings. The third-order valence-electron chi connectivity index (χ3n) is 6.23. The number of hydrogen-bond donors (Lipinski definition) is 3. The quantitative estimate of drug-likeness (QED) is 0.553. The number of rotatable bonds is 6. The minimum atomic E-state index is 0.300. The summed E-state index contributed by atoms with van der Waals surface area (Å²) < 4.78 is 0. The normalized spacial score (nSPS) is 23.4. The van der Waals surface area contributed by atoms with Crippen LogP contribution in [0.1, 0.15) is 44.2 Å². The van der Waals surface area contributed by atoms with Crippen LogP contribution >= 0.6 is 0 Å². The van der Waals surface area contributed by atoms with Crippen LogP contribution in [0.5, 0.6) is 0 Å². The van der Waals surface area contributed by atoms with Gasteiger partial charge < -0.3 is 10.6 Å². The molecule has 0 amide bonds.